The molecule has 1 aromatic heterocycles. The summed E-state index contributed by atoms with van der Waals surface area (Å²) in [5.41, 5.74) is 3.84. The minimum absolute atomic E-state index is 0.0267. The summed E-state index contributed by atoms with van der Waals surface area (Å²) in [6.45, 7) is 2.55. The Morgan fingerprint density at radius 3 is 2.85 bits per heavy atom. The van der Waals surface area contributed by atoms with Crippen molar-refractivity contribution in [2.24, 2.45) is 5.10 Å². The van der Waals surface area contributed by atoms with Crippen LogP contribution in [0.5, 0.6) is 17.4 Å². The van der Waals surface area contributed by atoms with Gasteiger partial charge in [0.05, 0.1) is 18.9 Å². The average Bonchev–Trinajstić information content (AvgIpc) is 3.11. The number of unbranched alkanes of at least 4 members (excludes halogenated alkanes) is 1. The van der Waals surface area contributed by atoms with Crippen LogP contribution in [-0.4, -0.2) is 32.6 Å². The lowest BCUT2D eigenvalue weighted by atomic mass is 9.99. The maximum Gasteiger partial charge on any atom is 0.264 e. The molecule has 2 aromatic rings. The molecule has 8 nitrogen and oxygen atoms in total. The van der Waals surface area contributed by atoms with Gasteiger partial charge in [-0.3, -0.25) is 14.3 Å². The monoisotopic (exact) mass is 390 g/mol. The zero-order chi connectivity index (χ0) is 19.6. The van der Waals surface area contributed by atoms with Gasteiger partial charge in [0.1, 0.15) is 5.56 Å². The lowest BCUT2D eigenvalue weighted by molar-refractivity contribution is 0.372. The first-order chi connectivity index (χ1) is 13.0. The highest BCUT2D eigenvalue weighted by molar-refractivity contribution is 7.71. The summed E-state index contributed by atoms with van der Waals surface area (Å²) in [7, 11) is 1.48. The standard InChI is InChI=1S/C18H22N4O4S/c1-3-4-7-22-17(25)15(16(24)19-18(22)27)12-9-11(20-21-12)10-5-6-14(26-2)13(23)8-10/h5-6,8,11,20,23,25H,3-4,7,9H2,1-2H3,(H,19,24,27)/t11-/m1/s1. The molecule has 0 amide bonds. The van der Waals surface area contributed by atoms with E-state index in [-0.39, 0.29) is 28.0 Å². The molecule has 1 aliphatic heterocycles. The summed E-state index contributed by atoms with van der Waals surface area (Å²) in [5.74, 6) is 0.236. The van der Waals surface area contributed by atoms with E-state index in [1.54, 1.807) is 12.1 Å². The summed E-state index contributed by atoms with van der Waals surface area (Å²) < 4.78 is 6.76. The third-order valence-corrected chi connectivity index (χ3v) is 4.88. The summed E-state index contributed by atoms with van der Waals surface area (Å²) in [6.07, 6.45) is 2.14. The molecular formula is C18H22N4O4S. The van der Waals surface area contributed by atoms with Crippen LogP contribution in [0.2, 0.25) is 0 Å². The maximum atomic E-state index is 12.4. The number of hydrogen-bond donors (Lipinski definition) is 4. The third-order valence-electron chi connectivity index (χ3n) is 4.55. The maximum absolute atomic E-state index is 12.4. The number of aromatic nitrogens is 2. The molecule has 0 radical (unpaired) electrons. The molecule has 3 rings (SSSR count). The van der Waals surface area contributed by atoms with E-state index in [0.717, 1.165) is 18.4 Å². The Labute approximate surface area is 161 Å². The van der Waals surface area contributed by atoms with Gasteiger partial charge in [-0.05, 0) is 36.3 Å². The first-order valence-corrected chi connectivity index (χ1v) is 9.12. The number of aromatic amines is 1. The molecule has 1 aliphatic rings. The molecule has 4 N–H and O–H groups in total. The minimum atomic E-state index is -0.468. The van der Waals surface area contributed by atoms with Crippen molar-refractivity contribution < 1.29 is 14.9 Å². The van der Waals surface area contributed by atoms with E-state index in [9.17, 15) is 15.0 Å². The van der Waals surface area contributed by atoms with E-state index in [1.165, 1.54) is 11.7 Å². The van der Waals surface area contributed by atoms with Gasteiger partial charge >= 0.3 is 0 Å². The number of benzene rings is 1. The highest BCUT2D eigenvalue weighted by atomic mass is 32.1. The van der Waals surface area contributed by atoms with Crippen LogP contribution in [0.4, 0.5) is 0 Å². The Morgan fingerprint density at radius 1 is 1.41 bits per heavy atom. The zero-order valence-corrected chi connectivity index (χ0v) is 16.0. The van der Waals surface area contributed by atoms with Gasteiger partial charge in [-0.15, -0.1) is 0 Å². The number of phenols is 1. The number of nitrogens with zero attached hydrogens (tertiary/aromatic N) is 2. The highest BCUT2D eigenvalue weighted by Crippen LogP contribution is 2.32. The number of ether oxygens (including phenoxy) is 1. The second kappa shape index (κ2) is 7.83. The Morgan fingerprint density at radius 2 is 2.19 bits per heavy atom. The van der Waals surface area contributed by atoms with Gasteiger partial charge in [-0.1, -0.05) is 19.4 Å². The molecule has 0 aliphatic carbocycles. The van der Waals surface area contributed by atoms with Gasteiger partial charge in [0, 0.05) is 13.0 Å². The van der Waals surface area contributed by atoms with Crippen molar-refractivity contribution in [2.75, 3.05) is 7.11 Å². The zero-order valence-electron chi connectivity index (χ0n) is 15.2. The normalized spacial score (nSPS) is 16.1. The smallest absolute Gasteiger partial charge is 0.264 e. The molecule has 1 aromatic carbocycles. The fourth-order valence-corrected chi connectivity index (χ4v) is 3.33. The summed E-state index contributed by atoms with van der Waals surface area (Å²) in [6, 6.07) is 4.83. The van der Waals surface area contributed by atoms with E-state index in [2.05, 4.69) is 15.5 Å². The van der Waals surface area contributed by atoms with Crippen LogP contribution in [0.1, 0.15) is 43.4 Å². The second-order valence-corrected chi connectivity index (χ2v) is 6.73. The van der Waals surface area contributed by atoms with E-state index in [4.69, 9.17) is 17.0 Å². The first kappa shape index (κ1) is 19.0. The molecule has 9 heteroatoms. The minimum Gasteiger partial charge on any atom is -0.504 e. The number of rotatable bonds is 6. The van der Waals surface area contributed by atoms with Crippen molar-refractivity contribution in [1.29, 1.82) is 0 Å². The average molecular weight is 390 g/mol. The van der Waals surface area contributed by atoms with Gasteiger partial charge in [-0.2, -0.15) is 5.10 Å². The fourth-order valence-electron chi connectivity index (χ4n) is 3.06. The molecule has 0 spiro atoms. The summed E-state index contributed by atoms with van der Waals surface area (Å²) >= 11 is 5.16. The predicted octanol–water partition coefficient (Wildman–Crippen LogP) is 2.56. The van der Waals surface area contributed by atoms with Gasteiger partial charge < -0.3 is 20.4 Å². The Balaban J connectivity index is 1.90. The van der Waals surface area contributed by atoms with Crippen LogP contribution in [0.3, 0.4) is 0 Å². The van der Waals surface area contributed by atoms with Crippen LogP contribution >= 0.6 is 12.2 Å². The molecule has 0 saturated carbocycles. The molecule has 144 valence electrons. The molecule has 2 heterocycles. The van der Waals surface area contributed by atoms with Gasteiger partial charge in [0.15, 0.2) is 16.3 Å². The number of H-pyrrole nitrogens is 1. The van der Waals surface area contributed by atoms with E-state index < -0.39 is 5.56 Å². The SMILES string of the molecule is CCCCn1c(O)c(C2=NN[C@@H](c3ccc(OC)c(O)c3)C2)c(=O)[nH]c1=S. The topological polar surface area (TPSA) is 112 Å². The number of hydrogen-bond acceptors (Lipinski definition) is 7. The van der Waals surface area contributed by atoms with Crippen LogP contribution in [-0.2, 0) is 6.54 Å². The predicted molar refractivity (Wildman–Crippen MR) is 104 cm³/mol. The fraction of sp³-hybridized carbons (Fsp3) is 0.389. The number of methoxy groups -OCH3 is 1. The van der Waals surface area contributed by atoms with Gasteiger partial charge in [0.25, 0.3) is 5.56 Å². The highest BCUT2D eigenvalue weighted by Gasteiger charge is 2.27. The van der Waals surface area contributed by atoms with Crippen molar-refractivity contribution in [3.63, 3.8) is 0 Å². The van der Waals surface area contributed by atoms with Crippen molar-refractivity contribution in [3.05, 3.63) is 44.5 Å². The Hall–Kier alpha value is -2.81. The Kier molecular flexibility index (Phi) is 5.50. The van der Waals surface area contributed by atoms with Gasteiger partial charge in [-0.25, -0.2) is 0 Å². The van der Waals surface area contributed by atoms with Gasteiger partial charge in [0.2, 0.25) is 5.88 Å². The summed E-state index contributed by atoms with van der Waals surface area (Å²) in [4.78, 5) is 15.0. The molecule has 0 saturated heterocycles. The van der Waals surface area contributed by atoms with Crippen LogP contribution in [0, 0.1) is 4.77 Å². The van der Waals surface area contributed by atoms with Crippen molar-refractivity contribution >= 4 is 17.9 Å². The van der Waals surface area contributed by atoms with E-state index in [0.29, 0.717) is 24.4 Å². The third kappa shape index (κ3) is 3.68. The molecule has 0 bridgehead atoms. The molecular weight excluding hydrogens is 368 g/mol. The number of aromatic hydroxyl groups is 2. The lowest BCUT2D eigenvalue weighted by Gasteiger charge is -2.13. The second-order valence-electron chi connectivity index (χ2n) is 6.34. The van der Waals surface area contributed by atoms with Crippen molar-refractivity contribution in [2.45, 2.75) is 38.8 Å². The first-order valence-electron chi connectivity index (χ1n) is 8.71. The number of hydrazone groups is 1. The quantitative estimate of drug-likeness (QED) is 0.564. The molecule has 27 heavy (non-hydrogen) atoms. The molecule has 0 fully saturated rings. The lowest BCUT2D eigenvalue weighted by Crippen LogP contribution is -2.22. The number of nitrogens with one attached hydrogen (secondary N) is 2. The number of phenolic OH excluding ortho intramolecular Hbond substituents is 1. The largest absolute Gasteiger partial charge is 0.504 e. The molecule has 1 atom stereocenters. The van der Waals surface area contributed by atoms with Crippen molar-refractivity contribution in [3.8, 4) is 17.4 Å². The van der Waals surface area contributed by atoms with Crippen molar-refractivity contribution in [1.82, 2.24) is 15.0 Å². The summed E-state index contributed by atoms with van der Waals surface area (Å²) in [5, 5.41) is 24.8. The Bertz CT molecular complexity index is 996. The van der Waals surface area contributed by atoms with Crippen LogP contribution < -0.4 is 15.7 Å². The van der Waals surface area contributed by atoms with E-state index in [1.807, 2.05) is 13.0 Å². The van der Waals surface area contributed by atoms with Crippen LogP contribution in [0.15, 0.2) is 28.1 Å². The molecule has 0 unspecified atom stereocenters. The van der Waals surface area contributed by atoms with E-state index >= 15 is 0 Å². The van der Waals surface area contributed by atoms with Crippen LogP contribution in [0.25, 0.3) is 0 Å².